The van der Waals surface area contributed by atoms with Gasteiger partial charge in [-0.1, -0.05) is 0 Å². The molecule has 0 heterocycles. The van der Waals surface area contributed by atoms with Crippen molar-refractivity contribution in [3.8, 4) is 0 Å². The summed E-state index contributed by atoms with van der Waals surface area (Å²) in [5.41, 5.74) is 0. The van der Waals surface area contributed by atoms with Crippen molar-refractivity contribution >= 4 is 71.2 Å². The first-order valence-electron chi connectivity index (χ1n) is 0.667. The van der Waals surface area contributed by atoms with Crippen LogP contribution in [0.4, 0.5) is 0 Å². The minimum atomic E-state index is -5.17. The average Bonchev–Trinajstić information content (AvgIpc) is 0.722. The van der Waals surface area contributed by atoms with Gasteiger partial charge < -0.3 is 13.8 Å². The molecule has 40 valence electrons. The van der Waals surface area contributed by atoms with Crippen molar-refractivity contribution in [2.24, 2.45) is 0 Å². The Kier molecular flexibility index (Phi) is 24.9. The Hall–Kier alpha value is 1.83. The van der Waals surface area contributed by atoms with Crippen LogP contribution in [0.25, 0.3) is 0 Å². The van der Waals surface area contributed by atoms with E-state index < -0.39 is 10.4 Å². The first-order valence-corrected chi connectivity index (χ1v) is 2.00. The van der Waals surface area contributed by atoms with E-state index in [1.165, 1.54) is 0 Å². The van der Waals surface area contributed by atoms with Crippen LogP contribution in [-0.4, -0.2) is 78.3 Å². The second-order valence-electron chi connectivity index (χ2n) is 0.408. The van der Waals surface area contributed by atoms with Crippen molar-refractivity contribution in [1.82, 2.24) is 0 Å². The molecule has 0 saturated heterocycles. The number of hydrogen-bond donors (Lipinski definition) is 0. The van der Waals surface area contributed by atoms with E-state index in [0.717, 1.165) is 0 Å². The monoisotopic (exact) mass is 179 g/mol. The molecule has 0 unspecified atom stereocenters. The molecule has 0 fully saturated rings. The minimum Gasteiger partial charge on any atom is -1.00 e. The zero-order chi connectivity index (χ0) is 4.50. The zero-order valence-electron chi connectivity index (χ0n) is 3.83. The van der Waals surface area contributed by atoms with E-state index in [1.54, 1.807) is 0 Å². The minimum absolute atomic E-state index is 0. The first kappa shape index (κ1) is 22.6. The second-order valence-corrected chi connectivity index (χ2v) is 1.22. The maximum Gasteiger partial charge on any atom is 2.00 e. The molecule has 0 radical (unpaired) electrons. The molecule has 0 aromatic heterocycles. The largest absolute Gasteiger partial charge is 2.00 e. The predicted molar refractivity (Wildman–Crippen MR) is 22.0 cm³/mol. The van der Waals surface area contributed by atoms with E-state index in [-0.39, 0.29) is 65.5 Å². The summed E-state index contributed by atoms with van der Waals surface area (Å²) in [6.45, 7) is 0. The van der Waals surface area contributed by atoms with E-state index in [2.05, 4.69) is 0 Å². The maximum absolute atomic E-state index is 8.52. The van der Waals surface area contributed by atoms with Crippen LogP contribution in [0.15, 0.2) is 0 Å². The molecule has 8 heteroatoms. The molecular formula is CaFMgO4S+. The summed E-state index contributed by atoms with van der Waals surface area (Å²) in [7, 11) is -5.17. The Balaban J connectivity index is -0.0000000267. The fourth-order valence-electron chi connectivity index (χ4n) is 0. The molecular weight excluding hydrogens is 179 g/mol. The van der Waals surface area contributed by atoms with Crippen LogP contribution in [0.1, 0.15) is 0 Å². The summed E-state index contributed by atoms with van der Waals surface area (Å²) in [5, 5.41) is 0. The van der Waals surface area contributed by atoms with E-state index in [1.807, 2.05) is 0 Å². The topological polar surface area (TPSA) is 80.3 Å². The zero-order valence-corrected chi connectivity index (χ0v) is 8.27. The molecule has 0 N–H and O–H groups in total. The third kappa shape index (κ3) is 109. The number of halogens is 1. The summed E-state index contributed by atoms with van der Waals surface area (Å²) in [4.78, 5) is 0. The van der Waals surface area contributed by atoms with Gasteiger partial charge in [0, 0.05) is 10.4 Å². The summed E-state index contributed by atoms with van der Waals surface area (Å²) in [5.74, 6) is 0. The molecule has 0 aliphatic carbocycles. The number of rotatable bonds is 0. The van der Waals surface area contributed by atoms with Crippen molar-refractivity contribution in [2.75, 3.05) is 0 Å². The summed E-state index contributed by atoms with van der Waals surface area (Å²) in [6.07, 6.45) is 0. The Morgan fingerprint density at radius 1 is 1.12 bits per heavy atom. The van der Waals surface area contributed by atoms with Gasteiger partial charge in [-0.3, -0.25) is 8.42 Å². The van der Waals surface area contributed by atoms with Crippen LogP contribution in [0.3, 0.4) is 0 Å². The summed E-state index contributed by atoms with van der Waals surface area (Å²) < 4.78 is 34.1. The average molecular weight is 179 g/mol. The summed E-state index contributed by atoms with van der Waals surface area (Å²) in [6, 6.07) is 0. The Bertz CT molecular complexity index is 99.2. The van der Waals surface area contributed by atoms with Gasteiger partial charge in [-0.15, -0.1) is 0 Å². The maximum atomic E-state index is 8.52. The van der Waals surface area contributed by atoms with Gasteiger partial charge in [-0.2, -0.15) is 0 Å². The van der Waals surface area contributed by atoms with Crippen LogP contribution < -0.4 is 4.70 Å². The normalized spacial score (nSPS) is 7.25. The fourth-order valence-corrected chi connectivity index (χ4v) is 0. The van der Waals surface area contributed by atoms with Crippen LogP contribution >= 0.6 is 0 Å². The predicted octanol–water partition coefficient (Wildman–Crippen LogP) is -5.10. The molecule has 0 saturated carbocycles. The Morgan fingerprint density at radius 3 is 1.12 bits per heavy atom. The van der Waals surface area contributed by atoms with Gasteiger partial charge >= 0.3 is 60.8 Å². The van der Waals surface area contributed by atoms with E-state index in [4.69, 9.17) is 17.5 Å². The fraction of sp³-hybridized carbons (Fsp3) is 0. The molecule has 0 aromatic carbocycles. The van der Waals surface area contributed by atoms with Gasteiger partial charge in [0.2, 0.25) is 0 Å². The van der Waals surface area contributed by atoms with E-state index in [0.29, 0.717) is 0 Å². The van der Waals surface area contributed by atoms with Crippen LogP contribution in [0.2, 0.25) is 0 Å². The van der Waals surface area contributed by atoms with E-state index in [9.17, 15) is 0 Å². The molecule has 0 spiro atoms. The van der Waals surface area contributed by atoms with Crippen LogP contribution in [0, 0.1) is 0 Å². The molecule has 0 bridgehead atoms. The van der Waals surface area contributed by atoms with Gasteiger partial charge in [-0.05, 0) is 0 Å². The van der Waals surface area contributed by atoms with Crippen LogP contribution in [-0.2, 0) is 10.4 Å². The summed E-state index contributed by atoms with van der Waals surface area (Å²) >= 11 is 0. The molecule has 0 atom stereocenters. The van der Waals surface area contributed by atoms with Crippen molar-refractivity contribution in [3.63, 3.8) is 0 Å². The van der Waals surface area contributed by atoms with Crippen molar-refractivity contribution in [1.29, 1.82) is 0 Å². The molecule has 0 aromatic rings. The van der Waals surface area contributed by atoms with Crippen molar-refractivity contribution in [3.05, 3.63) is 0 Å². The third-order valence-corrected chi connectivity index (χ3v) is 0. The Labute approximate surface area is 92.1 Å². The smallest absolute Gasteiger partial charge is 1.00 e. The second kappa shape index (κ2) is 8.83. The van der Waals surface area contributed by atoms with Gasteiger partial charge in [0.15, 0.2) is 0 Å². The van der Waals surface area contributed by atoms with Crippen molar-refractivity contribution < 1.29 is 22.2 Å². The van der Waals surface area contributed by atoms with E-state index >= 15 is 0 Å². The molecule has 0 amide bonds. The molecule has 0 aliphatic heterocycles. The number of hydrogen-bond acceptors (Lipinski definition) is 4. The van der Waals surface area contributed by atoms with Crippen molar-refractivity contribution in [2.45, 2.75) is 0 Å². The van der Waals surface area contributed by atoms with Gasteiger partial charge in [-0.25, -0.2) is 0 Å². The van der Waals surface area contributed by atoms with Gasteiger partial charge in [0.1, 0.15) is 0 Å². The molecule has 0 rings (SSSR count). The molecule has 4 nitrogen and oxygen atoms in total. The quantitative estimate of drug-likeness (QED) is 0.212. The standard InChI is InChI=1S/Ca.FH.Mg.H2O4S/c;;;1-5(2,3)4/h;1H;;(H2,1,2,3,4)/q+2;;+2;/p-3. The SMILES string of the molecule is O=S(=O)([O-])[O-].[Ca+2].[F-].[Mg+2]. The third-order valence-electron chi connectivity index (χ3n) is 0. The first-order chi connectivity index (χ1) is 2.00. The molecule has 0 aliphatic rings. The Morgan fingerprint density at radius 2 is 1.12 bits per heavy atom. The van der Waals surface area contributed by atoms with Crippen LogP contribution in [0.5, 0.6) is 0 Å². The van der Waals surface area contributed by atoms with Gasteiger partial charge in [0.05, 0.1) is 0 Å². The van der Waals surface area contributed by atoms with Gasteiger partial charge in [0.25, 0.3) is 0 Å². The molecule has 8 heavy (non-hydrogen) atoms.